The van der Waals surface area contributed by atoms with Crippen LogP contribution in [0.1, 0.15) is 0 Å². The van der Waals surface area contributed by atoms with Gasteiger partial charge < -0.3 is 4.74 Å². The van der Waals surface area contributed by atoms with Crippen molar-refractivity contribution in [2.75, 3.05) is 0 Å². The molecule has 1 aromatic carbocycles. The quantitative estimate of drug-likeness (QED) is 0.436. The van der Waals surface area contributed by atoms with Crippen LogP contribution in [0.3, 0.4) is 0 Å². The summed E-state index contributed by atoms with van der Waals surface area (Å²) in [5.74, 6) is -0.767. The summed E-state index contributed by atoms with van der Waals surface area (Å²) in [6.07, 6.45) is 1.24. The third kappa shape index (κ3) is 3.52. The number of carbonyl (C=O) groups is 1. The fourth-order valence-electron chi connectivity index (χ4n) is 2.16. The summed E-state index contributed by atoms with van der Waals surface area (Å²) in [5.41, 5.74) is -0.0412. The molecule has 0 saturated heterocycles. The topological polar surface area (TPSA) is 79.0 Å². The first-order valence-electron chi connectivity index (χ1n) is 6.70. The molecule has 0 unspecified atom stereocenters. The van der Waals surface area contributed by atoms with Crippen LogP contribution in [0, 0.1) is 0 Å². The van der Waals surface area contributed by atoms with E-state index in [1.165, 1.54) is 23.1 Å². The van der Waals surface area contributed by atoms with Crippen LogP contribution in [0.2, 0.25) is 15.1 Å². The summed E-state index contributed by atoms with van der Waals surface area (Å²) in [6.45, 7) is -0.377. The molecule has 2 heterocycles. The summed E-state index contributed by atoms with van der Waals surface area (Å²) in [7, 11) is 1.66. The molecule has 0 fully saturated rings. The monoisotopic (exact) mass is 464 g/mol. The van der Waals surface area contributed by atoms with E-state index >= 15 is 0 Å². The largest absolute Gasteiger partial charge is 0.422 e. The molecule has 0 spiro atoms. The Kier molecular flexibility index (Phi) is 5.06. The first kappa shape index (κ1) is 18.2. The molecule has 0 atom stereocenters. The van der Waals surface area contributed by atoms with E-state index in [0.29, 0.717) is 15.3 Å². The number of esters is 1. The Morgan fingerprint density at radius 2 is 1.92 bits per heavy atom. The van der Waals surface area contributed by atoms with E-state index in [2.05, 4.69) is 26.0 Å². The predicted octanol–water partition coefficient (Wildman–Crippen LogP) is 3.46. The fourth-order valence-corrected chi connectivity index (χ4v) is 3.64. The molecule has 0 N–H and O–H groups in total. The molecule has 0 bridgehead atoms. The average molecular weight is 467 g/mol. The Bertz CT molecular complexity index is 1040. The predicted molar refractivity (Wildman–Crippen MR) is 97.6 cm³/mol. The second kappa shape index (κ2) is 6.95. The molecule has 2 aromatic heterocycles. The minimum atomic E-state index is -0.741. The van der Waals surface area contributed by atoms with Crippen LogP contribution in [-0.2, 0) is 18.4 Å². The lowest BCUT2D eigenvalue weighted by molar-refractivity contribution is -0.135. The summed E-state index contributed by atoms with van der Waals surface area (Å²) in [5, 5.41) is 4.81. The van der Waals surface area contributed by atoms with Gasteiger partial charge >= 0.3 is 5.97 Å². The van der Waals surface area contributed by atoms with E-state index in [1.807, 2.05) is 0 Å². The van der Waals surface area contributed by atoms with Crippen molar-refractivity contribution >= 4 is 67.7 Å². The van der Waals surface area contributed by atoms with Crippen LogP contribution in [0.5, 0.6) is 5.75 Å². The van der Waals surface area contributed by atoms with Crippen LogP contribution in [0.15, 0.2) is 27.9 Å². The van der Waals surface area contributed by atoms with E-state index in [-0.39, 0.29) is 27.7 Å². The molecule has 130 valence electrons. The Balaban J connectivity index is 1.89. The molecule has 0 radical (unpaired) electrons. The zero-order chi connectivity index (χ0) is 18.3. The van der Waals surface area contributed by atoms with Gasteiger partial charge in [-0.3, -0.25) is 9.36 Å². The van der Waals surface area contributed by atoms with E-state index in [9.17, 15) is 9.59 Å². The van der Waals surface area contributed by atoms with Crippen LogP contribution in [-0.4, -0.2) is 25.3 Å². The summed E-state index contributed by atoms with van der Waals surface area (Å²) >= 11 is 20.9. The molecule has 0 aliphatic carbocycles. The Morgan fingerprint density at radius 3 is 2.56 bits per heavy atom. The number of hydrogen-bond donors (Lipinski definition) is 0. The number of ether oxygens (including phenoxy) is 1. The maximum atomic E-state index is 12.5. The number of benzene rings is 1. The number of hydrogen-bond acceptors (Lipinski definition) is 5. The molecule has 0 saturated carbocycles. The number of aryl methyl sites for hydroxylation is 1. The molecule has 11 heteroatoms. The van der Waals surface area contributed by atoms with E-state index in [0.717, 1.165) is 4.57 Å². The lowest BCUT2D eigenvalue weighted by atomic mass is 10.3. The van der Waals surface area contributed by atoms with Gasteiger partial charge in [-0.05, 0) is 28.1 Å². The maximum absolute atomic E-state index is 12.5. The SMILES string of the molecule is Cn1nc(Br)c2c(=O)n(CC(=O)Oc3c(Cl)cc(Cl)cc3Cl)cnc21. The van der Waals surface area contributed by atoms with Crippen molar-refractivity contribution in [1.29, 1.82) is 0 Å². The molecule has 0 aliphatic heterocycles. The molecule has 7 nitrogen and oxygen atoms in total. The highest BCUT2D eigenvalue weighted by Gasteiger charge is 2.18. The van der Waals surface area contributed by atoms with Crippen molar-refractivity contribution < 1.29 is 9.53 Å². The van der Waals surface area contributed by atoms with Gasteiger partial charge in [0.05, 0.1) is 10.0 Å². The van der Waals surface area contributed by atoms with Gasteiger partial charge in [-0.1, -0.05) is 34.8 Å². The van der Waals surface area contributed by atoms with Crippen LogP contribution >= 0.6 is 50.7 Å². The average Bonchev–Trinajstić information content (AvgIpc) is 2.81. The first-order valence-corrected chi connectivity index (χ1v) is 8.63. The lowest BCUT2D eigenvalue weighted by Gasteiger charge is -2.09. The van der Waals surface area contributed by atoms with Crippen molar-refractivity contribution in [1.82, 2.24) is 19.3 Å². The van der Waals surface area contributed by atoms with E-state index < -0.39 is 11.5 Å². The first-order chi connectivity index (χ1) is 11.8. The van der Waals surface area contributed by atoms with Crippen molar-refractivity contribution in [2.24, 2.45) is 7.05 Å². The summed E-state index contributed by atoms with van der Waals surface area (Å²) in [6, 6.07) is 2.79. The van der Waals surface area contributed by atoms with Gasteiger partial charge in [0.1, 0.15) is 22.9 Å². The van der Waals surface area contributed by atoms with Gasteiger partial charge in [-0.2, -0.15) is 5.10 Å². The zero-order valence-corrected chi connectivity index (χ0v) is 16.3. The molecule has 3 aromatic rings. The van der Waals surface area contributed by atoms with Gasteiger partial charge in [0.15, 0.2) is 11.4 Å². The Hall–Kier alpha value is -1.61. The molecule has 0 aliphatic rings. The second-order valence-corrected chi connectivity index (χ2v) is 6.97. The van der Waals surface area contributed by atoms with Gasteiger partial charge in [-0.25, -0.2) is 14.5 Å². The standard InChI is InChI=1S/C14H8BrCl3N4O3/c1-21-13-10(12(15)20-21)14(24)22(5-19-13)4-9(23)25-11-7(17)2-6(16)3-8(11)18/h2-3,5H,4H2,1H3. The van der Waals surface area contributed by atoms with Gasteiger partial charge in [-0.15, -0.1) is 0 Å². The van der Waals surface area contributed by atoms with Crippen LogP contribution in [0.4, 0.5) is 0 Å². The Morgan fingerprint density at radius 1 is 1.28 bits per heavy atom. The van der Waals surface area contributed by atoms with Crippen molar-refractivity contribution in [3.63, 3.8) is 0 Å². The maximum Gasteiger partial charge on any atom is 0.331 e. The molecular weight excluding hydrogens is 458 g/mol. The Labute approximate surface area is 164 Å². The van der Waals surface area contributed by atoms with E-state index in [1.54, 1.807) is 7.05 Å². The number of halogens is 4. The van der Waals surface area contributed by atoms with Crippen LogP contribution < -0.4 is 10.3 Å². The molecule has 25 heavy (non-hydrogen) atoms. The highest BCUT2D eigenvalue weighted by atomic mass is 79.9. The minimum Gasteiger partial charge on any atom is -0.422 e. The summed E-state index contributed by atoms with van der Waals surface area (Å²) < 4.78 is 8.06. The molecular formula is C14H8BrCl3N4O3. The number of carbonyl (C=O) groups excluding carboxylic acids is 1. The highest BCUT2D eigenvalue weighted by Crippen LogP contribution is 2.35. The van der Waals surface area contributed by atoms with Crippen molar-refractivity contribution in [3.8, 4) is 5.75 Å². The summed E-state index contributed by atoms with van der Waals surface area (Å²) in [4.78, 5) is 28.8. The van der Waals surface area contributed by atoms with Crippen molar-refractivity contribution in [2.45, 2.75) is 6.54 Å². The second-order valence-electron chi connectivity index (χ2n) is 4.96. The number of nitrogens with zero attached hydrogens (tertiary/aromatic N) is 4. The number of rotatable bonds is 3. The number of fused-ring (bicyclic) bond motifs is 1. The third-order valence-corrected chi connectivity index (χ3v) is 4.58. The fraction of sp³-hybridized carbons (Fsp3) is 0.143. The highest BCUT2D eigenvalue weighted by molar-refractivity contribution is 9.10. The smallest absolute Gasteiger partial charge is 0.331 e. The molecule has 0 amide bonds. The lowest BCUT2D eigenvalue weighted by Crippen LogP contribution is -2.27. The van der Waals surface area contributed by atoms with Gasteiger partial charge in [0.2, 0.25) is 0 Å². The molecule has 3 rings (SSSR count). The van der Waals surface area contributed by atoms with Gasteiger partial charge in [0, 0.05) is 12.1 Å². The van der Waals surface area contributed by atoms with Gasteiger partial charge in [0.25, 0.3) is 5.56 Å². The van der Waals surface area contributed by atoms with Crippen LogP contribution in [0.25, 0.3) is 11.0 Å². The van der Waals surface area contributed by atoms with Crippen molar-refractivity contribution in [3.05, 3.63) is 48.5 Å². The zero-order valence-electron chi connectivity index (χ0n) is 12.5. The minimum absolute atomic E-state index is 0.0256. The third-order valence-electron chi connectivity index (χ3n) is 3.25. The van der Waals surface area contributed by atoms with E-state index in [4.69, 9.17) is 39.5 Å². The number of aromatic nitrogens is 4. The normalized spacial score (nSPS) is 11.1.